The average Bonchev–Trinajstić information content (AvgIpc) is 3.31. The van der Waals surface area contributed by atoms with Crippen LogP contribution in [0, 0.1) is 16.7 Å². The third-order valence-corrected chi connectivity index (χ3v) is 8.40. The van der Waals surface area contributed by atoms with Crippen LogP contribution < -0.4 is 10.6 Å². The second-order valence-corrected chi connectivity index (χ2v) is 12.3. The molecular weight excluding hydrogens is 476 g/mol. The smallest absolute Gasteiger partial charge is 0.305 e. The molecule has 9 nitrogen and oxygen atoms in total. The summed E-state index contributed by atoms with van der Waals surface area (Å²) in [6, 6.07) is 2.90. The summed E-state index contributed by atoms with van der Waals surface area (Å²) in [6.07, 6.45) is 7.16. The number of rotatable bonds is 9. The lowest BCUT2D eigenvalue weighted by atomic mass is 9.65. The van der Waals surface area contributed by atoms with Gasteiger partial charge in [-0.05, 0) is 57.6 Å². The molecule has 2 amide bonds. The Bertz CT molecular complexity index is 967. The zero-order chi connectivity index (χ0) is 26.8. The summed E-state index contributed by atoms with van der Waals surface area (Å²) in [4.78, 5) is 38.9. The molecule has 1 aromatic heterocycles. The molecule has 4 atom stereocenters. The Labute approximate surface area is 219 Å². The summed E-state index contributed by atoms with van der Waals surface area (Å²) < 4.78 is 17.3. The van der Waals surface area contributed by atoms with E-state index in [1.54, 1.807) is 20.1 Å². The molecular formula is C28H42N2O7. The van der Waals surface area contributed by atoms with Crippen molar-refractivity contribution in [2.24, 2.45) is 16.7 Å². The number of hydrogen-bond donors (Lipinski definition) is 3. The fraction of sp³-hybridized carbons (Fsp3) is 0.750. The number of amides is 2. The first-order valence-electron chi connectivity index (χ1n) is 13.6. The van der Waals surface area contributed by atoms with Gasteiger partial charge in [-0.15, -0.1) is 0 Å². The minimum Gasteiger partial charge on any atom is -0.481 e. The van der Waals surface area contributed by atoms with Crippen molar-refractivity contribution < 1.29 is 33.4 Å². The molecule has 3 fully saturated rings. The van der Waals surface area contributed by atoms with E-state index in [-0.39, 0.29) is 30.2 Å². The Morgan fingerprint density at radius 3 is 2.46 bits per heavy atom. The largest absolute Gasteiger partial charge is 0.481 e. The van der Waals surface area contributed by atoms with Crippen LogP contribution in [0.2, 0.25) is 0 Å². The fourth-order valence-corrected chi connectivity index (χ4v) is 6.05. The van der Waals surface area contributed by atoms with E-state index in [0.717, 1.165) is 50.7 Å². The highest BCUT2D eigenvalue weighted by atomic mass is 16.7. The van der Waals surface area contributed by atoms with Crippen LogP contribution in [0.3, 0.4) is 0 Å². The minimum atomic E-state index is -0.985. The van der Waals surface area contributed by atoms with E-state index in [1.165, 1.54) is 0 Å². The number of nitrogens with one attached hydrogen (secondary N) is 2. The molecule has 1 aromatic rings. The van der Waals surface area contributed by atoms with E-state index in [4.69, 9.17) is 13.9 Å². The molecule has 2 saturated carbocycles. The maximum absolute atomic E-state index is 13.6. The Morgan fingerprint density at radius 1 is 1.11 bits per heavy atom. The Kier molecular flexibility index (Phi) is 8.04. The van der Waals surface area contributed by atoms with Gasteiger partial charge in [-0.25, -0.2) is 0 Å². The van der Waals surface area contributed by atoms with E-state index < -0.39 is 34.7 Å². The van der Waals surface area contributed by atoms with E-state index in [9.17, 15) is 19.5 Å². The summed E-state index contributed by atoms with van der Waals surface area (Å²) in [5.74, 6) is -1.62. The topological polar surface area (TPSA) is 127 Å². The van der Waals surface area contributed by atoms with E-state index >= 15 is 0 Å². The van der Waals surface area contributed by atoms with Crippen LogP contribution in [0.15, 0.2) is 22.8 Å². The number of carboxylic acids is 1. The minimum absolute atomic E-state index is 0.00287. The maximum atomic E-state index is 13.6. The van der Waals surface area contributed by atoms with Gasteiger partial charge >= 0.3 is 5.97 Å². The monoisotopic (exact) mass is 518 g/mol. The fourth-order valence-electron chi connectivity index (χ4n) is 6.05. The van der Waals surface area contributed by atoms with E-state index in [1.807, 2.05) is 26.0 Å². The molecule has 0 aromatic carbocycles. The highest BCUT2D eigenvalue weighted by molar-refractivity contribution is 5.84. The number of carbonyl (C=O) groups excluding carboxylic acids is 2. The molecule has 206 valence electrons. The SMILES string of the molecule is CC1(C)OCC(C)(C)C(C(=O)NC(CC(=O)O)C2CCCCC2NC(=O)C2(Cc3ccco3)CCC2)O1. The molecule has 9 heteroatoms. The second-order valence-electron chi connectivity index (χ2n) is 12.3. The predicted molar refractivity (Wildman–Crippen MR) is 135 cm³/mol. The molecule has 1 aliphatic heterocycles. The molecule has 0 radical (unpaired) electrons. The van der Waals surface area contributed by atoms with Gasteiger partial charge in [0, 0.05) is 23.9 Å². The lowest BCUT2D eigenvalue weighted by molar-refractivity contribution is -0.304. The first-order valence-corrected chi connectivity index (χ1v) is 13.6. The van der Waals surface area contributed by atoms with Gasteiger partial charge in [0.25, 0.3) is 0 Å². The van der Waals surface area contributed by atoms with Crippen LogP contribution in [-0.2, 0) is 30.3 Å². The summed E-state index contributed by atoms with van der Waals surface area (Å²) >= 11 is 0. The first kappa shape index (κ1) is 27.6. The standard InChI is InChI=1S/C28H42N2O7/c1-26(2)17-36-27(3,4)37-23(26)24(33)29-21(15-22(31)32)19-10-5-6-11-20(19)30-25(34)28(12-8-13-28)16-18-9-7-14-35-18/h7,9,14,19-21,23H,5-6,8,10-13,15-17H2,1-4H3,(H,29,33)(H,30,34)(H,31,32). The Morgan fingerprint density at radius 2 is 1.84 bits per heavy atom. The van der Waals surface area contributed by atoms with Crippen LogP contribution in [0.5, 0.6) is 0 Å². The molecule has 1 saturated heterocycles. The van der Waals surface area contributed by atoms with Crippen molar-refractivity contribution in [1.82, 2.24) is 10.6 Å². The van der Waals surface area contributed by atoms with Gasteiger partial charge in [-0.3, -0.25) is 14.4 Å². The number of carboxylic acid groups (broad SMARTS) is 1. The first-order chi connectivity index (χ1) is 17.4. The van der Waals surface area contributed by atoms with Crippen molar-refractivity contribution >= 4 is 17.8 Å². The summed E-state index contributed by atoms with van der Waals surface area (Å²) in [6.45, 7) is 7.69. The second kappa shape index (κ2) is 10.8. The molecule has 3 N–H and O–H groups in total. The third-order valence-electron chi connectivity index (χ3n) is 8.40. The predicted octanol–water partition coefficient (Wildman–Crippen LogP) is 3.80. The Hall–Kier alpha value is -2.39. The van der Waals surface area contributed by atoms with Crippen molar-refractivity contribution in [3.05, 3.63) is 24.2 Å². The van der Waals surface area contributed by atoms with Crippen molar-refractivity contribution in [3.63, 3.8) is 0 Å². The van der Waals surface area contributed by atoms with Crippen LogP contribution in [-0.4, -0.2) is 53.5 Å². The molecule has 2 aliphatic carbocycles. The third kappa shape index (κ3) is 6.37. The van der Waals surface area contributed by atoms with Gasteiger partial charge in [0.1, 0.15) is 11.9 Å². The van der Waals surface area contributed by atoms with Crippen LogP contribution in [0.1, 0.15) is 84.8 Å². The molecule has 0 spiro atoms. The van der Waals surface area contributed by atoms with Crippen molar-refractivity contribution in [1.29, 1.82) is 0 Å². The summed E-state index contributed by atoms with van der Waals surface area (Å²) in [7, 11) is 0. The van der Waals surface area contributed by atoms with E-state index in [2.05, 4.69) is 10.6 Å². The van der Waals surface area contributed by atoms with Gasteiger partial charge < -0.3 is 29.6 Å². The molecule has 2 heterocycles. The van der Waals surface area contributed by atoms with Crippen LogP contribution in [0.25, 0.3) is 0 Å². The number of carbonyl (C=O) groups is 3. The van der Waals surface area contributed by atoms with Gasteiger partial charge in [-0.1, -0.05) is 33.1 Å². The zero-order valence-electron chi connectivity index (χ0n) is 22.5. The lowest BCUT2D eigenvalue weighted by Gasteiger charge is -2.46. The van der Waals surface area contributed by atoms with Crippen molar-refractivity contribution in [2.75, 3.05) is 6.61 Å². The number of furan rings is 1. The average molecular weight is 519 g/mol. The summed E-state index contributed by atoms with van der Waals surface area (Å²) in [5, 5.41) is 16.0. The van der Waals surface area contributed by atoms with Gasteiger partial charge in [-0.2, -0.15) is 0 Å². The number of hydrogen-bond acceptors (Lipinski definition) is 6. The molecule has 4 unspecified atom stereocenters. The van der Waals surface area contributed by atoms with Gasteiger partial charge in [0.2, 0.25) is 11.8 Å². The normalized spacial score (nSPS) is 28.9. The lowest BCUT2D eigenvalue weighted by Crippen LogP contribution is -2.60. The number of aliphatic carboxylic acids is 1. The van der Waals surface area contributed by atoms with E-state index in [0.29, 0.717) is 13.0 Å². The number of ether oxygens (including phenoxy) is 2. The van der Waals surface area contributed by atoms with Crippen molar-refractivity contribution in [3.8, 4) is 0 Å². The van der Waals surface area contributed by atoms with Gasteiger partial charge in [0.15, 0.2) is 5.79 Å². The van der Waals surface area contributed by atoms with Crippen LogP contribution >= 0.6 is 0 Å². The quantitative estimate of drug-likeness (QED) is 0.454. The zero-order valence-corrected chi connectivity index (χ0v) is 22.5. The summed E-state index contributed by atoms with van der Waals surface area (Å²) in [5.41, 5.74) is -1.06. The Balaban J connectivity index is 1.49. The highest BCUT2D eigenvalue weighted by Gasteiger charge is 2.48. The molecule has 3 aliphatic rings. The maximum Gasteiger partial charge on any atom is 0.305 e. The molecule has 0 bridgehead atoms. The highest BCUT2D eigenvalue weighted by Crippen LogP contribution is 2.45. The van der Waals surface area contributed by atoms with Crippen molar-refractivity contribution in [2.45, 2.75) is 109 Å². The van der Waals surface area contributed by atoms with Crippen LogP contribution in [0.4, 0.5) is 0 Å². The molecule has 37 heavy (non-hydrogen) atoms. The van der Waals surface area contributed by atoms with Gasteiger partial charge in [0.05, 0.1) is 24.7 Å². The molecule has 4 rings (SSSR count).